The van der Waals surface area contributed by atoms with Crippen LogP contribution < -0.4 is 9.80 Å². The third-order valence-corrected chi connectivity index (χ3v) is 5.61. The van der Waals surface area contributed by atoms with Gasteiger partial charge in [0, 0.05) is 14.8 Å². The number of likely N-dealkylation sites (N-methyl/N-ethyl adjacent to an activating group) is 1. The molecular formula is C20H18ClN2O2S+. The quantitative estimate of drug-likeness (QED) is 0.742. The first-order valence-corrected chi connectivity index (χ1v) is 9.54. The number of amides is 1. The van der Waals surface area contributed by atoms with Crippen LogP contribution in [0.1, 0.15) is 5.76 Å². The van der Waals surface area contributed by atoms with Crippen LogP contribution in [0.2, 0.25) is 5.02 Å². The lowest BCUT2D eigenvalue weighted by atomic mass is 10.2. The highest BCUT2D eigenvalue weighted by Gasteiger charge is 2.30. The van der Waals surface area contributed by atoms with E-state index in [2.05, 4.69) is 0 Å². The molecule has 26 heavy (non-hydrogen) atoms. The number of furan rings is 1. The lowest BCUT2D eigenvalue weighted by molar-refractivity contribution is -0.886. The van der Waals surface area contributed by atoms with Gasteiger partial charge in [-0.3, -0.25) is 9.69 Å². The van der Waals surface area contributed by atoms with Crippen LogP contribution in [0, 0.1) is 0 Å². The van der Waals surface area contributed by atoms with E-state index in [1.54, 1.807) is 22.9 Å². The third-order valence-electron chi connectivity index (χ3n) is 4.25. The van der Waals surface area contributed by atoms with Crippen molar-refractivity contribution in [2.24, 2.45) is 0 Å². The number of quaternary nitrogens is 1. The van der Waals surface area contributed by atoms with Crippen molar-refractivity contribution in [1.82, 2.24) is 0 Å². The maximum absolute atomic E-state index is 13.2. The van der Waals surface area contributed by atoms with Crippen LogP contribution in [0.4, 0.5) is 11.4 Å². The molecule has 1 aliphatic rings. The maximum Gasteiger partial charge on any atom is 0.286 e. The van der Waals surface area contributed by atoms with Gasteiger partial charge < -0.3 is 9.32 Å². The Labute approximate surface area is 161 Å². The summed E-state index contributed by atoms with van der Waals surface area (Å²) in [7, 11) is 1.99. The van der Waals surface area contributed by atoms with Crippen LogP contribution in [0.15, 0.2) is 75.1 Å². The van der Waals surface area contributed by atoms with Gasteiger partial charge in [0.15, 0.2) is 12.3 Å². The van der Waals surface area contributed by atoms with E-state index >= 15 is 0 Å². The fourth-order valence-electron chi connectivity index (χ4n) is 3.11. The minimum atomic E-state index is 0.0327. The average molecular weight is 386 g/mol. The van der Waals surface area contributed by atoms with Gasteiger partial charge in [0.2, 0.25) is 0 Å². The van der Waals surface area contributed by atoms with Gasteiger partial charge in [0.05, 0.1) is 24.7 Å². The molecule has 2 heterocycles. The van der Waals surface area contributed by atoms with E-state index in [0.29, 0.717) is 18.1 Å². The molecule has 1 aromatic heterocycles. The first-order valence-electron chi connectivity index (χ1n) is 8.35. The number of para-hydroxylation sites is 1. The second kappa shape index (κ2) is 7.19. The molecule has 1 aliphatic heterocycles. The molecule has 0 aliphatic carbocycles. The Morgan fingerprint density at radius 1 is 1.12 bits per heavy atom. The monoisotopic (exact) mass is 385 g/mol. The summed E-state index contributed by atoms with van der Waals surface area (Å²) in [4.78, 5) is 18.1. The van der Waals surface area contributed by atoms with E-state index in [1.165, 1.54) is 0 Å². The summed E-state index contributed by atoms with van der Waals surface area (Å²) < 4.78 is 5.39. The number of benzene rings is 2. The molecule has 0 saturated carbocycles. The molecule has 2 aromatic carbocycles. The number of hydrogen-bond donors (Lipinski definition) is 1. The summed E-state index contributed by atoms with van der Waals surface area (Å²) >= 11 is 7.87. The number of carbonyl (C=O) groups excluding carboxylic acids is 1. The zero-order valence-electron chi connectivity index (χ0n) is 14.2. The van der Waals surface area contributed by atoms with Crippen molar-refractivity contribution in [3.8, 4) is 0 Å². The predicted octanol–water partition coefficient (Wildman–Crippen LogP) is 3.78. The van der Waals surface area contributed by atoms with Crippen LogP contribution in [0.25, 0.3) is 0 Å². The Balaban J connectivity index is 1.64. The highest BCUT2D eigenvalue weighted by Crippen LogP contribution is 2.48. The van der Waals surface area contributed by atoms with E-state index in [4.69, 9.17) is 16.0 Å². The molecule has 0 saturated heterocycles. The molecule has 0 radical (unpaired) electrons. The lowest BCUT2D eigenvalue weighted by Crippen LogP contribution is -3.08. The van der Waals surface area contributed by atoms with Crippen molar-refractivity contribution in [2.45, 2.75) is 16.3 Å². The molecule has 6 heteroatoms. The number of fused-ring (bicyclic) bond motifs is 2. The first kappa shape index (κ1) is 17.2. The van der Waals surface area contributed by atoms with Crippen LogP contribution in [-0.4, -0.2) is 19.5 Å². The molecule has 1 unspecified atom stereocenters. The fraction of sp³-hybridized carbons (Fsp3) is 0.150. The minimum absolute atomic E-state index is 0.0327. The molecule has 132 valence electrons. The average Bonchev–Trinajstić information content (AvgIpc) is 3.12. The number of hydrogen-bond acceptors (Lipinski definition) is 3. The van der Waals surface area contributed by atoms with Crippen LogP contribution in [0.3, 0.4) is 0 Å². The Bertz CT molecular complexity index is 943. The van der Waals surface area contributed by atoms with Gasteiger partial charge in [-0.25, -0.2) is 0 Å². The van der Waals surface area contributed by atoms with E-state index in [1.807, 2.05) is 61.6 Å². The lowest BCUT2D eigenvalue weighted by Gasteiger charge is -2.31. The summed E-state index contributed by atoms with van der Waals surface area (Å²) in [5.41, 5.74) is 1.75. The molecule has 0 bridgehead atoms. The van der Waals surface area contributed by atoms with Crippen molar-refractivity contribution >= 4 is 40.6 Å². The van der Waals surface area contributed by atoms with Gasteiger partial charge in [0.25, 0.3) is 5.91 Å². The van der Waals surface area contributed by atoms with Crippen molar-refractivity contribution in [1.29, 1.82) is 0 Å². The van der Waals surface area contributed by atoms with E-state index < -0.39 is 0 Å². The zero-order chi connectivity index (χ0) is 18.1. The van der Waals surface area contributed by atoms with E-state index in [0.717, 1.165) is 31.8 Å². The maximum atomic E-state index is 13.2. The first-order chi connectivity index (χ1) is 12.6. The van der Waals surface area contributed by atoms with E-state index in [9.17, 15) is 4.79 Å². The van der Waals surface area contributed by atoms with Gasteiger partial charge in [-0.2, -0.15) is 0 Å². The summed E-state index contributed by atoms with van der Waals surface area (Å²) in [6.07, 6.45) is 1.65. The SMILES string of the molecule is C[NH+](CC(=O)N1c2ccccc2Sc2ccc(Cl)cc21)Cc1ccco1. The summed E-state index contributed by atoms with van der Waals surface area (Å²) in [5, 5.41) is 0.623. The van der Waals surface area contributed by atoms with Crippen molar-refractivity contribution in [3.05, 3.63) is 71.6 Å². The standard InChI is InChI=1S/C20H17ClN2O2S/c1-22(12-15-5-4-10-25-15)13-20(24)23-16-6-2-3-7-18(16)26-19-9-8-14(21)11-17(19)23/h2-11H,12-13H2,1H3/p+1. The summed E-state index contributed by atoms with van der Waals surface area (Å²) in [6.45, 7) is 1.01. The molecule has 0 fully saturated rings. The Kier molecular flexibility index (Phi) is 4.76. The topological polar surface area (TPSA) is 37.9 Å². The summed E-state index contributed by atoms with van der Waals surface area (Å²) in [6, 6.07) is 17.4. The van der Waals surface area contributed by atoms with Gasteiger partial charge in [0.1, 0.15) is 6.54 Å². The van der Waals surface area contributed by atoms with Crippen molar-refractivity contribution < 1.29 is 14.1 Å². The molecule has 1 amide bonds. The highest BCUT2D eigenvalue weighted by molar-refractivity contribution is 7.99. The number of rotatable bonds is 4. The molecule has 1 atom stereocenters. The second-order valence-electron chi connectivity index (χ2n) is 6.30. The van der Waals surface area contributed by atoms with E-state index in [-0.39, 0.29) is 5.91 Å². The van der Waals surface area contributed by atoms with Crippen LogP contribution in [0.5, 0.6) is 0 Å². The normalized spacial score (nSPS) is 13.8. The van der Waals surface area contributed by atoms with Crippen LogP contribution in [-0.2, 0) is 11.3 Å². The number of nitrogens with one attached hydrogen (secondary N) is 1. The number of carbonyl (C=O) groups is 1. The zero-order valence-corrected chi connectivity index (χ0v) is 15.8. The Morgan fingerprint density at radius 2 is 1.92 bits per heavy atom. The Hall–Kier alpha value is -2.21. The summed E-state index contributed by atoms with van der Waals surface area (Å²) in [5.74, 6) is 0.902. The van der Waals surface area contributed by atoms with Crippen molar-refractivity contribution in [2.75, 3.05) is 18.5 Å². The molecule has 3 aromatic rings. The molecule has 1 N–H and O–H groups in total. The fourth-order valence-corrected chi connectivity index (χ4v) is 4.31. The number of nitrogens with zero attached hydrogens (tertiary/aromatic N) is 1. The number of anilines is 2. The highest BCUT2D eigenvalue weighted by atomic mass is 35.5. The largest absolute Gasteiger partial charge is 0.463 e. The predicted molar refractivity (Wildman–Crippen MR) is 103 cm³/mol. The molecule has 0 spiro atoms. The third kappa shape index (κ3) is 3.38. The van der Waals surface area contributed by atoms with Crippen LogP contribution >= 0.6 is 23.4 Å². The second-order valence-corrected chi connectivity index (χ2v) is 7.82. The Morgan fingerprint density at radius 3 is 2.73 bits per heavy atom. The van der Waals surface area contributed by atoms with Gasteiger partial charge in [-0.05, 0) is 42.5 Å². The van der Waals surface area contributed by atoms with Crippen molar-refractivity contribution in [3.63, 3.8) is 0 Å². The van der Waals surface area contributed by atoms with Gasteiger partial charge in [-0.1, -0.05) is 35.5 Å². The molecule has 4 rings (SSSR count). The number of halogens is 1. The minimum Gasteiger partial charge on any atom is -0.463 e. The van der Waals surface area contributed by atoms with Gasteiger partial charge >= 0.3 is 0 Å². The molecule has 4 nitrogen and oxygen atoms in total. The smallest absolute Gasteiger partial charge is 0.286 e. The molecular weight excluding hydrogens is 368 g/mol. The van der Waals surface area contributed by atoms with Gasteiger partial charge in [-0.15, -0.1) is 0 Å².